The van der Waals surface area contributed by atoms with E-state index in [0.29, 0.717) is 50.6 Å². The van der Waals surface area contributed by atoms with Gasteiger partial charge < -0.3 is 18.6 Å². The molecule has 0 radical (unpaired) electrons. The molecular weight excluding hydrogens is 490 g/mol. The lowest BCUT2D eigenvalue weighted by Crippen LogP contribution is -2.21. The standard InChI is InChI=1S/C28H25N3O5S/c1-17-23(29-26(36-17)18-9-12-20(33-2)13-10-18)16-37-28-30-22-8-6-5-7-21(22)27(32)31(28)19-11-14-24(34-3)25(15-19)35-4/h5-15H,16H2,1-4H3. The van der Waals surface area contributed by atoms with E-state index in [4.69, 9.17) is 28.6 Å². The Bertz CT molecular complexity index is 1630. The van der Waals surface area contributed by atoms with Gasteiger partial charge in [-0.3, -0.25) is 9.36 Å². The van der Waals surface area contributed by atoms with Crippen LogP contribution in [0.2, 0.25) is 0 Å². The van der Waals surface area contributed by atoms with E-state index in [1.54, 1.807) is 44.1 Å². The van der Waals surface area contributed by atoms with Crippen molar-refractivity contribution in [2.24, 2.45) is 0 Å². The molecule has 0 aliphatic heterocycles. The highest BCUT2D eigenvalue weighted by atomic mass is 32.2. The zero-order valence-corrected chi connectivity index (χ0v) is 21.7. The number of nitrogens with zero attached hydrogens (tertiary/aromatic N) is 3. The number of aromatic nitrogens is 3. The maximum Gasteiger partial charge on any atom is 0.266 e. The van der Waals surface area contributed by atoms with Crippen LogP contribution in [-0.2, 0) is 5.75 Å². The van der Waals surface area contributed by atoms with Gasteiger partial charge in [0.1, 0.15) is 11.5 Å². The summed E-state index contributed by atoms with van der Waals surface area (Å²) in [7, 11) is 4.76. The average Bonchev–Trinajstić information content (AvgIpc) is 3.31. The zero-order chi connectivity index (χ0) is 25.9. The molecule has 0 spiro atoms. The van der Waals surface area contributed by atoms with Gasteiger partial charge in [-0.15, -0.1) is 0 Å². The van der Waals surface area contributed by atoms with Crippen molar-refractivity contribution in [1.29, 1.82) is 0 Å². The molecule has 5 aromatic rings. The quantitative estimate of drug-likeness (QED) is 0.193. The second kappa shape index (κ2) is 10.4. The van der Waals surface area contributed by atoms with Crippen LogP contribution in [0.15, 0.2) is 81.1 Å². The Labute approximate surface area is 217 Å². The highest BCUT2D eigenvalue weighted by molar-refractivity contribution is 7.98. The Balaban J connectivity index is 1.53. The largest absolute Gasteiger partial charge is 0.497 e. The number of thioether (sulfide) groups is 1. The minimum atomic E-state index is -0.170. The van der Waals surface area contributed by atoms with Gasteiger partial charge in [0, 0.05) is 17.4 Å². The molecule has 37 heavy (non-hydrogen) atoms. The number of benzene rings is 3. The van der Waals surface area contributed by atoms with Crippen molar-refractivity contribution >= 4 is 22.7 Å². The predicted octanol–water partition coefficient (Wildman–Crippen LogP) is 5.67. The number of hydrogen-bond acceptors (Lipinski definition) is 8. The highest BCUT2D eigenvalue weighted by Crippen LogP contribution is 2.32. The van der Waals surface area contributed by atoms with Crippen LogP contribution in [0, 0.1) is 6.92 Å². The van der Waals surface area contributed by atoms with Crippen LogP contribution in [0.4, 0.5) is 0 Å². The molecule has 2 aromatic heterocycles. The Morgan fingerprint density at radius 1 is 0.892 bits per heavy atom. The lowest BCUT2D eigenvalue weighted by Gasteiger charge is -2.15. The first kappa shape index (κ1) is 24.5. The minimum Gasteiger partial charge on any atom is -0.497 e. The summed E-state index contributed by atoms with van der Waals surface area (Å²) in [6.45, 7) is 1.88. The van der Waals surface area contributed by atoms with Crippen LogP contribution in [0.3, 0.4) is 0 Å². The van der Waals surface area contributed by atoms with Gasteiger partial charge in [0.05, 0.1) is 43.6 Å². The van der Waals surface area contributed by atoms with Crippen LogP contribution in [0.1, 0.15) is 11.5 Å². The third-order valence-corrected chi connectivity index (χ3v) is 6.89. The Hall–Kier alpha value is -4.24. The van der Waals surface area contributed by atoms with E-state index in [-0.39, 0.29) is 5.56 Å². The summed E-state index contributed by atoms with van der Waals surface area (Å²) < 4.78 is 23.6. The molecule has 0 saturated heterocycles. The number of ether oxygens (including phenoxy) is 3. The number of para-hydroxylation sites is 1. The molecule has 188 valence electrons. The van der Waals surface area contributed by atoms with Gasteiger partial charge in [0.25, 0.3) is 5.56 Å². The molecule has 0 saturated carbocycles. The van der Waals surface area contributed by atoms with E-state index in [9.17, 15) is 4.79 Å². The van der Waals surface area contributed by atoms with Gasteiger partial charge in [-0.1, -0.05) is 23.9 Å². The van der Waals surface area contributed by atoms with Crippen molar-refractivity contribution in [2.75, 3.05) is 21.3 Å². The van der Waals surface area contributed by atoms with Gasteiger partial charge in [-0.05, 0) is 55.5 Å². The van der Waals surface area contributed by atoms with E-state index < -0.39 is 0 Å². The third kappa shape index (κ3) is 4.77. The molecule has 0 N–H and O–H groups in total. The number of hydrogen-bond donors (Lipinski definition) is 0. The smallest absolute Gasteiger partial charge is 0.266 e. The van der Waals surface area contributed by atoms with E-state index in [2.05, 4.69) is 0 Å². The molecule has 0 aliphatic rings. The molecule has 8 nitrogen and oxygen atoms in total. The summed E-state index contributed by atoms with van der Waals surface area (Å²) in [5.41, 5.74) is 2.71. The Kier molecular flexibility index (Phi) is 6.87. The molecule has 5 rings (SSSR count). The Morgan fingerprint density at radius 3 is 2.38 bits per heavy atom. The lowest BCUT2D eigenvalue weighted by atomic mass is 10.2. The lowest BCUT2D eigenvalue weighted by molar-refractivity contribution is 0.354. The molecule has 0 atom stereocenters. The number of rotatable bonds is 8. The fraction of sp³-hybridized carbons (Fsp3) is 0.179. The average molecular weight is 516 g/mol. The van der Waals surface area contributed by atoms with Crippen molar-refractivity contribution in [3.63, 3.8) is 0 Å². The fourth-order valence-corrected chi connectivity index (χ4v) is 4.97. The van der Waals surface area contributed by atoms with Crippen LogP contribution >= 0.6 is 11.8 Å². The Morgan fingerprint density at radius 2 is 1.65 bits per heavy atom. The molecule has 3 aromatic carbocycles. The van der Waals surface area contributed by atoms with Crippen LogP contribution in [0.25, 0.3) is 28.0 Å². The highest BCUT2D eigenvalue weighted by Gasteiger charge is 2.18. The summed E-state index contributed by atoms with van der Waals surface area (Å²) in [6, 6.07) is 20.2. The van der Waals surface area contributed by atoms with Gasteiger partial charge in [-0.25, -0.2) is 9.97 Å². The molecule has 0 unspecified atom stereocenters. The molecule has 9 heteroatoms. The number of fused-ring (bicyclic) bond motifs is 1. The second-order valence-corrected chi connectivity index (χ2v) is 9.07. The van der Waals surface area contributed by atoms with Crippen LogP contribution < -0.4 is 19.8 Å². The molecule has 2 heterocycles. The number of methoxy groups -OCH3 is 3. The number of oxazole rings is 1. The van der Waals surface area contributed by atoms with Gasteiger partial charge in [0.2, 0.25) is 5.89 Å². The first-order valence-electron chi connectivity index (χ1n) is 11.5. The maximum atomic E-state index is 13.6. The van der Waals surface area contributed by atoms with Crippen molar-refractivity contribution in [3.05, 3.63) is 88.5 Å². The summed E-state index contributed by atoms with van der Waals surface area (Å²) in [6.07, 6.45) is 0. The van der Waals surface area contributed by atoms with Crippen molar-refractivity contribution in [2.45, 2.75) is 17.8 Å². The fourth-order valence-electron chi connectivity index (χ4n) is 3.95. The first-order chi connectivity index (χ1) is 18.0. The zero-order valence-electron chi connectivity index (χ0n) is 20.8. The van der Waals surface area contributed by atoms with Crippen molar-refractivity contribution in [3.8, 4) is 34.4 Å². The number of aryl methyl sites for hydroxylation is 1. The van der Waals surface area contributed by atoms with Crippen LogP contribution in [-0.4, -0.2) is 35.9 Å². The minimum absolute atomic E-state index is 0.170. The summed E-state index contributed by atoms with van der Waals surface area (Å²) in [5.74, 6) is 3.56. The van der Waals surface area contributed by atoms with Gasteiger partial charge in [0.15, 0.2) is 16.7 Å². The van der Waals surface area contributed by atoms with E-state index in [0.717, 1.165) is 17.0 Å². The molecule has 0 aliphatic carbocycles. The topological polar surface area (TPSA) is 88.6 Å². The predicted molar refractivity (Wildman–Crippen MR) is 143 cm³/mol. The van der Waals surface area contributed by atoms with E-state index >= 15 is 0 Å². The molecule has 0 bridgehead atoms. The third-order valence-electron chi connectivity index (χ3n) is 5.94. The molecule has 0 amide bonds. The molecular formula is C28H25N3O5S. The van der Waals surface area contributed by atoms with Gasteiger partial charge in [-0.2, -0.15) is 0 Å². The summed E-state index contributed by atoms with van der Waals surface area (Å²) in [4.78, 5) is 23.1. The van der Waals surface area contributed by atoms with Gasteiger partial charge >= 0.3 is 0 Å². The second-order valence-electron chi connectivity index (χ2n) is 8.13. The summed E-state index contributed by atoms with van der Waals surface area (Å²) in [5, 5.41) is 1.06. The van der Waals surface area contributed by atoms with Crippen LogP contribution in [0.5, 0.6) is 17.2 Å². The SMILES string of the molecule is COc1ccc(-c2nc(CSc3nc4ccccc4c(=O)n3-c3ccc(OC)c(OC)c3)c(C)o2)cc1. The van der Waals surface area contributed by atoms with E-state index in [1.165, 1.54) is 11.8 Å². The van der Waals surface area contributed by atoms with Crippen molar-refractivity contribution in [1.82, 2.24) is 14.5 Å². The molecule has 0 fully saturated rings. The van der Waals surface area contributed by atoms with E-state index in [1.807, 2.05) is 55.5 Å². The summed E-state index contributed by atoms with van der Waals surface area (Å²) >= 11 is 1.41. The maximum absolute atomic E-state index is 13.6. The monoisotopic (exact) mass is 515 g/mol. The van der Waals surface area contributed by atoms with Crippen molar-refractivity contribution < 1.29 is 18.6 Å². The normalized spacial score (nSPS) is 11.0. The first-order valence-corrected chi connectivity index (χ1v) is 12.5.